The van der Waals surface area contributed by atoms with Gasteiger partial charge in [-0.3, -0.25) is 14.6 Å². The van der Waals surface area contributed by atoms with Gasteiger partial charge >= 0.3 is 0 Å². The van der Waals surface area contributed by atoms with Gasteiger partial charge in [-0.1, -0.05) is 70.0 Å². The van der Waals surface area contributed by atoms with Crippen molar-refractivity contribution in [3.05, 3.63) is 75.6 Å². The SMILES string of the molecule is CC(C)C1CCC2(CC1)N=C(c1cc(Cl)cc(C(F)F)c1)C(=O)N2C(CCCC(C)(C)C)c1ccc(C(=O)NCc2nn[nH]n2)cc1. The van der Waals surface area contributed by atoms with Gasteiger partial charge in [-0.25, -0.2) is 8.78 Å². The van der Waals surface area contributed by atoms with Crippen LogP contribution >= 0.6 is 11.6 Å². The number of carbonyl (C=O) groups is 2. The van der Waals surface area contributed by atoms with Crippen LogP contribution in [0.3, 0.4) is 0 Å². The van der Waals surface area contributed by atoms with Crippen molar-refractivity contribution in [1.29, 1.82) is 0 Å². The number of nitrogens with one attached hydrogen (secondary N) is 2. The molecule has 1 atom stereocenters. The first-order valence-electron chi connectivity index (χ1n) is 16.4. The molecule has 0 radical (unpaired) electrons. The summed E-state index contributed by atoms with van der Waals surface area (Å²) in [5.74, 6) is 0.822. The Labute approximate surface area is 279 Å². The van der Waals surface area contributed by atoms with Crippen LogP contribution < -0.4 is 5.32 Å². The van der Waals surface area contributed by atoms with Crippen molar-refractivity contribution < 1.29 is 18.4 Å². The number of halogens is 3. The van der Waals surface area contributed by atoms with Crippen LogP contribution in [0.25, 0.3) is 0 Å². The summed E-state index contributed by atoms with van der Waals surface area (Å²) in [7, 11) is 0. The maximum Gasteiger partial charge on any atom is 0.275 e. The van der Waals surface area contributed by atoms with E-state index in [1.807, 2.05) is 17.0 Å². The van der Waals surface area contributed by atoms with Crippen LogP contribution in [0.1, 0.15) is 125 Å². The molecule has 2 amide bonds. The quantitative estimate of drug-likeness (QED) is 0.216. The van der Waals surface area contributed by atoms with E-state index in [-0.39, 0.29) is 46.1 Å². The fourth-order valence-electron chi connectivity index (χ4n) is 6.88. The number of aliphatic imine (C=N–C) groups is 1. The fraction of sp³-hybridized carbons (Fsp3) is 0.543. The Morgan fingerprint density at radius 2 is 1.81 bits per heavy atom. The molecule has 1 aliphatic heterocycles. The first kappa shape index (κ1) is 34.6. The van der Waals surface area contributed by atoms with E-state index < -0.39 is 12.1 Å². The van der Waals surface area contributed by atoms with E-state index in [1.165, 1.54) is 12.1 Å². The van der Waals surface area contributed by atoms with Gasteiger partial charge in [-0.2, -0.15) is 5.21 Å². The zero-order valence-electron chi connectivity index (χ0n) is 27.7. The van der Waals surface area contributed by atoms with E-state index in [4.69, 9.17) is 16.6 Å². The maximum absolute atomic E-state index is 14.6. The Morgan fingerprint density at radius 1 is 1.11 bits per heavy atom. The fourth-order valence-corrected chi connectivity index (χ4v) is 7.12. The minimum Gasteiger partial charge on any atom is -0.345 e. The molecule has 1 fully saturated rings. The predicted octanol–water partition coefficient (Wildman–Crippen LogP) is 7.85. The summed E-state index contributed by atoms with van der Waals surface area (Å²) in [6, 6.07) is 11.1. The van der Waals surface area contributed by atoms with Gasteiger partial charge < -0.3 is 10.2 Å². The van der Waals surface area contributed by atoms with Crippen LogP contribution in [0.15, 0.2) is 47.5 Å². The Kier molecular flexibility index (Phi) is 10.4. The van der Waals surface area contributed by atoms with E-state index >= 15 is 0 Å². The molecule has 1 aromatic heterocycles. The second-order valence-electron chi connectivity index (χ2n) is 14.4. The Balaban J connectivity index is 1.51. The van der Waals surface area contributed by atoms with E-state index in [2.05, 4.69) is 60.6 Å². The number of benzene rings is 2. The molecule has 2 heterocycles. The molecule has 252 valence electrons. The lowest BCUT2D eigenvalue weighted by molar-refractivity contribution is -0.133. The summed E-state index contributed by atoms with van der Waals surface area (Å²) in [5, 5.41) is 16.5. The van der Waals surface area contributed by atoms with Gasteiger partial charge in [0, 0.05) is 21.7 Å². The van der Waals surface area contributed by atoms with Crippen LogP contribution in [0.4, 0.5) is 8.78 Å². The highest BCUT2D eigenvalue weighted by Crippen LogP contribution is 2.48. The molecular formula is C35H44ClF2N7O2. The summed E-state index contributed by atoms with van der Waals surface area (Å²) in [4.78, 5) is 34.6. The summed E-state index contributed by atoms with van der Waals surface area (Å²) in [6.45, 7) is 11.2. The number of alkyl halides is 2. The van der Waals surface area contributed by atoms with Crippen molar-refractivity contribution in [2.24, 2.45) is 22.2 Å². The van der Waals surface area contributed by atoms with Crippen molar-refractivity contribution >= 4 is 29.1 Å². The molecule has 1 spiro atoms. The number of aromatic nitrogens is 4. The normalized spacial score (nSPS) is 20.7. The average Bonchev–Trinajstić information content (AvgIpc) is 3.64. The monoisotopic (exact) mass is 667 g/mol. The number of hydrogen-bond donors (Lipinski definition) is 2. The van der Waals surface area contributed by atoms with Gasteiger partial charge in [0.1, 0.15) is 11.4 Å². The highest BCUT2D eigenvalue weighted by Gasteiger charge is 2.52. The van der Waals surface area contributed by atoms with Gasteiger partial charge in [0.2, 0.25) is 0 Å². The van der Waals surface area contributed by atoms with Crippen molar-refractivity contribution in [2.75, 3.05) is 0 Å². The molecule has 12 heteroatoms. The molecule has 1 saturated carbocycles. The number of hydrogen-bond acceptors (Lipinski definition) is 6. The second kappa shape index (κ2) is 14.2. The molecule has 1 aliphatic carbocycles. The average molecular weight is 668 g/mol. The number of rotatable bonds is 11. The molecule has 1 unspecified atom stereocenters. The second-order valence-corrected chi connectivity index (χ2v) is 14.8. The number of aromatic amines is 1. The molecule has 2 N–H and O–H groups in total. The minimum atomic E-state index is -2.73. The number of tetrazole rings is 1. The third kappa shape index (κ3) is 8.05. The first-order valence-corrected chi connectivity index (χ1v) is 16.8. The lowest BCUT2D eigenvalue weighted by Crippen LogP contribution is -2.51. The number of H-pyrrole nitrogens is 1. The van der Waals surface area contributed by atoms with Crippen LogP contribution in [0.5, 0.6) is 0 Å². The topological polar surface area (TPSA) is 116 Å². The Bertz CT molecular complexity index is 1580. The first-order chi connectivity index (χ1) is 22.3. The molecule has 3 aromatic rings. The molecule has 9 nitrogen and oxygen atoms in total. The smallest absolute Gasteiger partial charge is 0.275 e. The standard InChI is InChI=1S/C35H44ClF2N7O2/c1-21(2)22-12-15-35(16-13-22)40-30(25-17-26(31(37)38)19-27(36)18-25)33(47)45(35)28(7-6-14-34(3,4)5)23-8-10-24(11-9-23)32(46)39-20-29-41-43-44-42-29/h8-11,17-19,21-22,28,31H,6-7,12-16,20H2,1-5H3,(H,39,46)(H,41,42,43,44). The van der Waals surface area contributed by atoms with E-state index in [0.717, 1.165) is 31.2 Å². The number of carbonyl (C=O) groups excluding carboxylic acids is 2. The predicted molar refractivity (Wildman–Crippen MR) is 177 cm³/mol. The van der Waals surface area contributed by atoms with Crippen LogP contribution in [0, 0.1) is 17.3 Å². The van der Waals surface area contributed by atoms with Gasteiger partial charge in [0.15, 0.2) is 5.82 Å². The minimum absolute atomic E-state index is 0.0986. The molecule has 2 aromatic carbocycles. The van der Waals surface area contributed by atoms with Crippen LogP contribution in [-0.2, 0) is 11.3 Å². The van der Waals surface area contributed by atoms with Gasteiger partial charge in [-0.05, 0) is 91.7 Å². The lowest BCUT2D eigenvalue weighted by atomic mass is 9.75. The highest BCUT2D eigenvalue weighted by molar-refractivity contribution is 6.47. The van der Waals surface area contributed by atoms with Crippen LogP contribution in [0.2, 0.25) is 5.02 Å². The van der Waals surface area contributed by atoms with Crippen molar-refractivity contribution in [3.63, 3.8) is 0 Å². The molecule has 5 rings (SSSR count). The Morgan fingerprint density at radius 3 is 2.40 bits per heavy atom. The summed E-state index contributed by atoms with van der Waals surface area (Å²) in [6.07, 6.45) is 2.93. The van der Waals surface area contributed by atoms with Gasteiger partial charge in [0.05, 0.1) is 12.6 Å². The van der Waals surface area contributed by atoms with E-state index in [0.29, 0.717) is 48.0 Å². The molecule has 47 heavy (non-hydrogen) atoms. The number of amides is 2. The van der Waals surface area contributed by atoms with Crippen molar-refractivity contribution in [2.45, 2.75) is 104 Å². The maximum atomic E-state index is 14.6. The summed E-state index contributed by atoms with van der Waals surface area (Å²) < 4.78 is 27.6. The van der Waals surface area contributed by atoms with Crippen molar-refractivity contribution in [3.8, 4) is 0 Å². The summed E-state index contributed by atoms with van der Waals surface area (Å²) >= 11 is 6.29. The van der Waals surface area contributed by atoms with Gasteiger partial charge in [0.25, 0.3) is 18.2 Å². The Hall–Kier alpha value is -3.73. The zero-order valence-corrected chi connectivity index (χ0v) is 28.5. The largest absolute Gasteiger partial charge is 0.345 e. The zero-order chi connectivity index (χ0) is 33.9. The third-order valence-corrected chi connectivity index (χ3v) is 9.70. The molecule has 2 aliphatic rings. The van der Waals surface area contributed by atoms with E-state index in [1.54, 1.807) is 18.2 Å². The molecular weight excluding hydrogens is 624 g/mol. The lowest BCUT2D eigenvalue weighted by Gasteiger charge is -2.46. The van der Waals surface area contributed by atoms with Gasteiger partial charge in [-0.15, -0.1) is 10.2 Å². The molecule has 0 bridgehead atoms. The van der Waals surface area contributed by atoms with E-state index in [9.17, 15) is 18.4 Å². The highest BCUT2D eigenvalue weighted by atomic mass is 35.5. The third-order valence-electron chi connectivity index (χ3n) is 9.48. The van der Waals surface area contributed by atoms with Crippen molar-refractivity contribution in [1.82, 2.24) is 30.8 Å². The van der Waals surface area contributed by atoms with Crippen LogP contribution in [-0.4, -0.2) is 48.7 Å². The molecule has 0 saturated heterocycles. The summed E-state index contributed by atoms with van der Waals surface area (Å²) in [5.41, 5.74) is 0.890. The number of nitrogens with zero attached hydrogens (tertiary/aromatic N) is 5.